The molecule has 1 fully saturated rings. The van der Waals surface area contributed by atoms with Gasteiger partial charge in [-0.15, -0.1) is 0 Å². The number of nitrogen functional groups attached to an aromatic ring is 1. The molecule has 1 saturated heterocycles. The fourth-order valence-electron chi connectivity index (χ4n) is 2.70. The van der Waals surface area contributed by atoms with Crippen LogP contribution in [0.15, 0.2) is 36.4 Å². The van der Waals surface area contributed by atoms with Crippen molar-refractivity contribution in [2.75, 3.05) is 30.7 Å². The zero-order valence-corrected chi connectivity index (χ0v) is 12.7. The molecule has 0 radical (unpaired) electrons. The average Bonchev–Trinajstić information content (AvgIpc) is 2.37. The molecular weight excluding hydrogens is 264 g/mol. The van der Waals surface area contributed by atoms with E-state index in [0.717, 1.165) is 19.6 Å². The third kappa shape index (κ3) is 5.21. The summed E-state index contributed by atoms with van der Waals surface area (Å²) in [6.07, 6.45) is 3.49. The van der Waals surface area contributed by atoms with Gasteiger partial charge in [-0.1, -0.05) is 12.1 Å². The molecule has 5 heteroatoms. The number of carbonyl (C=O) groups is 1. The van der Waals surface area contributed by atoms with Crippen molar-refractivity contribution in [3.05, 3.63) is 36.4 Å². The lowest BCUT2D eigenvalue weighted by Crippen LogP contribution is -2.54. The second kappa shape index (κ2) is 7.24. The van der Waals surface area contributed by atoms with Crippen LogP contribution < -0.4 is 16.4 Å². The van der Waals surface area contributed by atoms with Crippen LogP contribution in [0.3, 0.4) is 0 Å². The summed E-state index contributed by atoms with van der Waals surface area (Å²) in [7, 11) is 0. The monoisotopic (exact) mass is 288 g/mol. The van der Waals surface area contributed by atoms with Gasteiger partial charge in [-0.2, -0.15) is 0 Å². The van der Waals surface area contributed by atoms with Crippen molar-refractivity contribution >= 4 is 17.3 Å². The van der Waals surface area contributed by atoms with Crippen LogP contribution in [0, 0.1) is 0 Å². The van der Waals surface area contributed by atoms with E-state index in [9.17, 15) is 4.79 Å². The van der Waals surface area contributed by atoms with Gasteiger partial charge in [-0.05, 0) is 32.0 Å². The van der Waals surface area contributed by atoms with Crippen molar-refractivity contribution < 1.29 is 4.79 Å². The number of hydrogen-bond donors (Lipinski definition) is 3. The Bertz CT molecular complexity index is 505. The summed E-state index contributed by atoms with van der Waals surface area (Å²) in [5, 5.41) is 6.29. The molecule has 0 bridgehead atoms. The molecule has 4 N–H and O–H groups in total. The van der Waals surface area contributed by atoms with Crippen LogP contribution in [0.4, 0.5) is 11.4 Å². The summed E-state index contributed by atoms with van der Waals surface area (Å²) in [5.41, 5.74) is 7.03. The first-order valence-electron chi connectivity index (χ1n) is 7.34. The molecule has 2 rings (SSSR count). The molecule has 2 atom stereocenters. The number of amides is 1. The first-order chi connectivity index (χ1) is 10.0. The number of benzene rings is 1. The van der Waals surface area contributed by atoms with Crippen LogP contribution in [0.5, 0.6) is 0 Å². The molecule has 1 aromatic rings. The standard InChI is InChI=1S/C16H24N4O/c1-12-10-20(11-13(2)18-12)8-4-7-16(21)19-15-6-3-5-14(17)9-15/h3-7,9,12-13,18H,8,10-11,17H2,1-2H3,(H,19,21)/b7-4+/t12-,13+. The number of nitrogens with zero attached hydrogens (tertiary/aromatic N) is 1. The third-order valence-electron chi connectivity index (χ3n) is 3.42. The van der Waals surface area contributed by atoms with Gasteiger partial charge in [0.25, 0.3) is 0 Å². The van der Waals surface area contributed by atoms with Crippen LogP contribution in [0.2, 0.25) is 0 Å². The lowest BCUT2D eigenvalue weighted by Gasteiger charge is -2.35. The maximum absolute atomic E-state index is 11.8. The van der Waals surface area contributed by atoms with Gasteiger partial charge in [0.05, 0.1) is 0 Å². The number of carbonyl (C=O) groups excluding carboxylic acids is 1. The summed E-state index contributed by atoms with van der Waals surface area (Å²) in [4.78, 5) is 14.2. The lowest BCUT2D eigenvalue weighted by atomic mass is 10.1. The van der Waals surface area contributed by atoms with E-state index in [1.807, 2.05) is 18.2 Å². The molecule has 1 aliphatic heterocycles. The van der Waals surface area contributed by atoms with Crippen LogP contribution in [0.1, 0.15) is 13.8 Å². The smallest absolute Gasteiger partial charge is 0.248 e. The zero-order chi connectivity index (χ0) is 15.2. The largest absolute Gasteiger partial charge is 0.399 e. The maximum atomic E-state index is 11.8. The summed E-state index contributed by atoms with van der Waals surface area (Å²) in [5.74, 6) is -0.128. The summed E-state index contributed by atoms with van der Waals surface area (Å²) < 4.78 is 0. The average molecular weight is 288 g/mol. The third-order valence-corrected chi connectivity index (χ3v) is 3.42. The van der Waals surface area contributed by atoms with Gasteiger partial charge in [0.15, 0.2) is 0 Å². The summed E-state index contributed by atoms with van der Waals surface area (Å²) in [6.45, 7) is 7.16. The Morgan fingerprint density at radius 1 is 1.43 bits per heavy atom. The van der Waals surface area contributed by atoms with E-state index < -0.39 is 0 Å². The van der Waals surface area contributed by atoms with Crippen LogP contribution >= 0.6 is 0 Å². The molecule has 0 spiro atoms. The summed E-state index contributed by atoms with van der Waals surface area (Å²) >= 11 is 0. The normalized spacial score (nSPS) is 23.3. The van der Waals surface area contributed by atoms with E-state index in [-0.39, 0.29) is 5.91 Å². The number of rotatable bonds is 4. The molecule has 0 unspecified atom stereocenters. The molecule has 0 saturated carbocycles. The van der Waals surface area contributed by atoms with Gasteiger partial charge < -0.3 is 16.4 Å². The Hall–Kier alpha value is -1.85. The Balaban J connectivity index is 1.79. The van der Waals surface area contributed by atoms with Gasteiger partial charge in [-0.3, -0.25) is 9.69 Å². The van der Waals surface area contributed by atoms with Crippen LogP contribution in [-0.4, -0.2) is 42.5 Å². The SMILES string of the molecule is C[C@@H]1CN(C/C=C/C(=O)Nc2cccc(N)c2)C[C@H](C)N1. The van der Waals surface area contributed by atoms with Gasteiger partial charge in [0, 0.05) is 49.2 Å². The van der Waals surface area contributed by atoms with Crippen LogP contribution in [-0.2, 0) is 4.79 Å². The Morgan fingerprint density at radius 3 is 2.81 bits per heavy atom. The minimum atomic E-state index is -0.128. The highest BCUT2D eigenvalue weighted by atomic mass is 16.1. The Morgan fingerprint density at radius 2 is 2.14 bits per heavy atom. The highest BCUT2D eigenvalue weighted by Crippen LogP contribution is 2.11. The molecular formula is C16H24N4O. The first kappa shape index (κ1) is 15.5. The van der Waals surface area contributed by atoms with E-state index in [0.29, 0.717) is 23.5 Å². The number of anilines is 2. The highest BCUT2D eigenvalue weighted by molar-refractivity contribution is 5.99. The van der Waals surface area contributed by atoms with Gasteiger partial charge >= 0.3 is 0 Å². The van der Waals surface area contributed by atoms with Gasteiger partial charge in [-0.25, -0.2) is 0 Å². The molecule has 21 heavy (non-hydrogen) atoms. The molecule has 0 aliphatic carbocycles. The van der Waals surface area contributed by atoms with E-state index in [1.54, 1.807) is 18.2 Å². The van der Waals surface area contributed by atoms with Crippen molar-refractivity contribution in [3.8, 4) is 0 Å². The van der Waals surface area contributed by atoms with Gasteiger partial charge in [0.2, 0.25) is 5.91 Å². The highest BCUT2D eigenvalue weighted by Gasteiger charge is 2.19. The molecule has 1 amide bonds. The molecule has 114 valence electrons. The van der Waals surface area contributed by atoms with E-state index in [4.69, 9.17) is 5.73 Å². The van der Waals surface area contributed by atoms with Crippen molar-refractivity contribution in [2.24, 2.45) is 0 Å². The van der Waals surface area contributed by atoms with Gasteiger partial charge in [0.1, 0.15) is 0 Å². The predicted molar refractivity (Wildman–Crippen MR) is 87.1 cm³/mol. The molecule has 5 nitrogen and oxygen atoms in total. The molecule has 1 heterocycles. The second-order valence-corrected chi connectivity index (χ2v) is 5.70. The molecule has 1 aliphatic rings. The van der Waals surface area contributed by atoms with Crippen molar-refractivity contribution in [1.29, 1.82) is 0 Å². The number of hydrogen-bond acceptors (Lipinski definition) is 4. The van der Waals surface area contributed by atoms with E-state index in [2.05, 4.69) is 29.4 Å². The fourth-order valence-corrected chi connectivity index (χ4v) is 2.70. The number of piperazine rings is 1. The minimum Gasteiger partial charge on any atom is -0.399 e. The van der Waals surface area contributed by atoms with E-state index >= 15 is 0 Å². The second-order valence-electron chi connectivity index (χ2n) is 5.70. The van der Waals surface area contributed by atoms with Crippen molar-refractivity contribution in [3.63, 3.8) is 0 Å². The number of nitrogens with two attached hydrogens (primary N) is 1. The Kier molecular flexibility index (Phi) is 5.36. The molecule has 1 aromatic carbocycles. The van der Waals surface area contributed by atoms with Crippen LogP contribution in [0.25, 0.3) is 0 Å². The molecule has 0 aromatic heterocycles. The van der Waals surface area contributed by atoms with E-state index in [1.165, 1.54) is 0 Å². The van der Waals surface area contributed by atoms with Crippen molar-refractivity contribution in [1.82, 2.24) is 10.2 Å². The lowest BCUT2D eigenvalue weighted by molar-refractivity contribution is -0.111. The number of nitrogens with one attached hydrogen (secondary N) is 2. The Labute approximate surface area is 126 Å². The quantitative estimate of drug-likeness (QED) is 0.579. The summed E-state index contributed by atoms with van der Waals surface area (Å²) in [6, 6.07) is 8.15. The predicted octanol–water partition coefficient (Wildman–Crippen LogP) is 1.45. The fraction of sp³-hybridized carbons (Fsp3) is 0.438. The zero-order valence-electron chi connectivity index (χ0n) is 12.7. The first-order valence-corrected chi connectivity index (χ1v) is 7.34. The maximum Gasteiger partial charge on any atom is 0.248 e. The topological polar surface area (TPSA) is 70.4 Å². The van der Waals surface area contributed by atoms with Crippen molar-refractivity contribution in [2.45, 2.75) is 25.9 Å². The minimum absolute atomic E-state index is 0.128.